The third-order valence-electron chi connectivity index (χ3n) is 2.68. The Balaban J connectivity index is 2.22. The Bertz CT molecular complexity index is 519. The maximum absolute atomic E-state index is 10.7. The van der Waals surface area contributed by atoms with Crippen LogP contribution < -0.4 is 5.32 Å². The molecule has 1 aromatic heterocycles. The van der Waals surface area contributed by atoms with Crippen LogP contribution in [0, 0.1) is 6.92 Å². The smallest absolute Gasteiger partial charge is 0.275 e. The molecule has 0 saturated heterocycles. The predicted molar refractivity (Wildman–Crippen MR) is 69.1 cm³/mol. The molecule has 0 aliphatic carbocycles. The van der Waals surface area contributed by atoms with Crippen LogP contribution in [0.2, 0.25) is 0 Å². The molecule has 4 heteroatoms. The van der Waals surface area contributed by atoms with E-state index < -0.39 is 0 Å². The number of amides is 1. The van der Waals surface area contributed by atoms with Gasteiger partial charge in [0.2, 0.25) is 0 Å². The van der Waals surface area contributed by atoms with E-state index in [-0.39, 0.29) is 5.24 Å². The minimum absolute atomic E-state index is 0.280. The lowest BCUT2D eigenvalue weighted by Crippen LogP contribution is -2.19. The summed E-state index contributed by atoms with van der Waals surface area (Å²) in [6, 6.07) is 8.19. The molecule has 2 aromatic rings. The van der Waals surface area contributed by atoms with Crippen molar-refractivity contribution in [3.05, 3.63) is 35.5 Å². The lowest BCUT2D eigenvalue weighted by atomic mass is 10.1. The first-order valence-electron chi connectivity index (χ1n) is 5.21. The standard InChI is InChI=1S/C12H14N2OS/c1-8-9(6-7-13-12(15)16)10-4-2-3-5-11(10)14-8/h2-5,14H,6-7H2,1H3,(H2,13,15,16). The summed E-state index contributed by atoms with van der Waals surface area (Å²) in [4.78, 5) is 14.0. The first-order valence-corrected chi connectivity index (χ1v) is 5.66. The number of aromatic amines is 1. The summed E-state index contributed by atoms with van der Waals surface area (Å²) in [6.07, 6.45) is 0.822. The SMILES string of the molecule is Cc1[nH]c2ccccc2c1CCNC(=O)S. The van der Waals surface area contributed by atoms with Gasteiger partial charge in [0.1, 0.15) is 0 Å². The topological polar surface area (TPSA) is 44.9 Å². The third-order valence-corrected chi connectivity index (χ3v) is 2.84. The number of fused-ring (bicyclic) bond motifs is 1. The number of aromatic nitrogens is 1. The zero-order chi connectivity index (χ0) is 11.5. The fourth-order valence-electron chi connectivity index (χ4n) is 1.95. The molecule has 2 rings (SSSR count). The van der Waals surface area contributed by atoms with Gasteiger partial charge < -0.3 is 10.3 Å². The number of benzene rings is 1. The maximum Gasteiger partial charge on any atom is 0.275 e. The molecule has 0 saturated carbocycles. The van der Waals surface area contributed by atoms with Crippen LogP contribution in [0.5, 0.6) is 0 Å². The number of hydrogen-bond donors (Lipinski definition) is 3. The third kappa shape index (κ3) is 2.22. The predicted octanol–water partition coefficient (Wildman–Crippen LogP) is 2.66. The van der Waals surface area contributed by atoms with Gasteiger partial charge >= 0.3 is 0 Å². The molecule has 2 N–H and O–H groups in total. The molecule has 3 nitrogen and oxygen atoms in total. The molecule has 1 heterocycles. The Morgan fingerprint density at radius 3 is 2.94 bits per heavy atom. The summed E-state index contributed by atoms with van der Waals surface area (Å²) in [7, 11) is 0. The average molecular weight is 234 g/mol. The molecular weight excluding hydrogens is 220 g/mol. The highest BCUT2D eigenvalue weighted by atomic mass is 32.1. The maximum atomic E-state index is 10.7. The van der Waals surface area contributed by atoms with E-state index >= 15 is 0 Å². The molecular formula is C12H14N2OS. The summed E-state index contributed by atoms with van der Waals surface area (Å²) in [5.41, 5.74) is 3.57. The van der Waals surface area contributed by atoms with Crippen LogP contribution in [-0.4, -0.2) is 16.8 Å². The van der Waals surface area contributed by atoms with E-state index in [1.54, 1.807) is 0 Å². The van der Waals surface area contributed by atoms with E-state index in [0.717, 1.165) is 17.6 Å². The monoisotopic (exact) mass is 234 g/mol. The number of nitrogens with one attached hydrogen (secondary N) is 2. The average Bonchev–Trinajstić information content (AvgIpc) is 2.55. The number of rotatable bonds is 3. The van der Waals surface area contributed by atoms with Gasteiger partial charge in [-0.05, 0) is 25.0 Å². The van der Waals surface area contributed by atoms with Crippen molar-refractivity contribution in [3.63, 3.8) is 0 Å². The molecule has 0 spiro atoms. The number of hydrogen-bond acceptors (Lipinski definition) is 1. The summed E-state index contributed by atoms with van der Waals surface area (Å²) in [5, 5.41) is 3.64. The van der Waals surface area contributed by atoms with Crippen molar-refractivity contribution >= 4 is 28.8 Å². The van der Waals surface area contributed by atoms with E-state index in [4.69, 9.17) is 0 Å². The van der Waals surface area contributed by atoms with Gasteiger partial charge in [0, 0.05) is 23.1 Å². The second-order valence-corrected chi connectivity index (χ2v) is 4.16. The van der Waals surface area contributed by atoms with Crippen molar-refractivity contribution in [1.29, 1.82) is 0 Å². The van der Waals surface area contributed by atoms with E-state index in [2.05, 4.69) is 42.0 Å². The van der Waals surface area contributed by atoms with Gasteiger partial charge in [-0.25, -0.2) is 0 Å². The highest BCUT2D eigenvalue weighted by molar-refractivity contribution is 7.96. The Labute approximate surface area is 99.6 Å². The number of H-pyrrole nitrogens is 1. The van der Waals surface area contributed by atoms with Crippen LogP contribution in [0.15, 0.2) is 24.3 Å². The van der Waals surface area contributed by atoms with E-state index in [1.165, 1.54) is 10.9 Å². The van der Waals surface area contributed by atoms with E-state index in [1.807, 2.05) is 12.1 Å². The molecule has 0 unspecified atom stereocenters. The van der Waals surface area contributed by atoms with Gasteiger partial charge in [-0.2, -0.15) is 0 Å². The molecule has 0 aliphatic rings. The van der Waals surface area contributed by atoms with E-state index in [0.29, 0.717) is 6.54 Å². The van der Waals surface area contributed by atoms with Gasteiger partial charge in [0.25, 0.3) is 5.24 Å². The highest BCUT2D eigenvalue weighted by Gasteiger charge is 2.07. The highest BCUT2D eigenvalue weighted by Crippen LogP contribution is 2.21. The lowest BCUT2D eigenvalue weighted by Gasteiger charge is -2.02. The van der Waals surface area contributed by atoms with Gasteiger partial charge in [0.05, 0.1) is 0 Å². The molecule has 0 radical (unpaired) electrons. The van der Waals surface area contributed by atoms with Gasteiger partial charge in [-0.1, -0.05) is 30.8 Å². The number of aryl methyl sites for hydroxylation is 1. The summed E-state index contributed by atoms with van der Waals surface area (Å²) >= 11 is 3.67. The minimum Gasteiger partial charge on any atom is -0.358 e. The van der Waals surface area contributed by atoms with Crippen molar-refractivity contribution in [3.8, 4) is 0 Å². The fourth-order valence-corrected chi connectivity index (χ4v) is 2.06. The summed E-state index contributed by atoms with van der Waals surface area (Å²) < 4.78 is 0. The Morgan fingerprint density at radius 1 is 1.44 bits per heavy atom. The molecule has 0 fully saturated rings. The Hall–Kier alpha value is -1.42. The van der Waals surface area contributed by atoms with Crippen molar-refractivity contribution in [2.45, 2.75) is 13.3 Å². The first-order chi connectivity index (χ1) is 7.68. The molecule has 16 heavy (non-hydrogen) atoms. The number of thiol groups is 1. The Morgan fingerprint density at radius 2 is 2.19 bits per heavy atom. The number of para-hydroxylation sites is 1. The lowest BCUT2D eigenvalue weighted by molar-refractivity contribution is 0.261. The molecule has 1 aromatic carbocycles. The normalized spacial score (nSPS) is 10.6. The molecule has 0 bridgehead atoms. The van der Waals surface area contributed by atoms with Crippen molar-refractivity contribution in [2.24, 2.45) is 0 Å². The zero-order valence-electron chi connectivity index (χ0n) is 9.08. The molecule has 0 aliphatic heterocycles. The van der Waals surface area contributed by atoms with Crippen LogP contribution in [0.25, 0.3) is 10.9 Å². The van der Waals surface area contributed by atoms with Crippen molar-refractivity contribution in [2.75, 3.05) is 6.54 Å². The van der Waals surface area contributed by atoms with Crippen LogP contribution >= 0.6 is 12.6 Å². The summed E-state index contributed by atoms with van der Waals surface area (Å²) in [6.45, 7) is 2.67. The van der Waals surface area contributed by atoms with Gasteiger partial charge in [-0.3, -0.25) is 4.79 Å². The van der Waals surface area contributed by atoms with Crippen LogP contribution in [0.4, 0.5) is 4.79 Å². The molecule has 84 valence electrons. The zero-order valence-corrected chi connectivity index (χ0v) is 9.97. The van der Waals surface area contributed by atoms with E-state index in [9.17, 15) is 4.79 Å². The van der Waals surface area contributed by atoms with Crippen LogP contribution in [0.1, 0.15) is 11.3 Å². The van der Waals surface area contributed by atoms with Crippen LogP contribution in [-0.2, 0) is 6.42 Å². The van der Waals surface area contributed by atoms with Crippen molar-refractivity contribution < 1.29 is 4.79 Å². The number of carbonyl (C=O) groups is 1. The van der Waals surface area contributed by atoms with Gasteiger partial charge in [-0.15, -0.1) is 0 Å². The van der Waals surface area contributed by atoms with Crippen molar-refractivity contribution in [1.82, 2.24) is 10.3 Å². The second-order valence-electron chi connectivity index (χ2n) is 3.76. The second kappa shape index (κ2) is 4.61. The first kappa shape index (κ1) is 11.1. The molecule has 1 amide bonds. The molecule has 0 atom stereocenters. The summed E-state index contributed by atoms with van der Waals surface area (Å²) in [5.74, 6) is 0. The Kier molecular flexibility index (Phi) is 3.19. The van der Waals surface area contributed by atoms with Gasteiger partial charge in [0.15, 0.2) is 0 Å². The quantitative estimate of drug-likeness (QED) is 0.702. The number of carbonyl (C=O) groups excluding carboxylic acids is 1. The van der Waals surface area contributed by atoms with Crippen LogP contribution in [0.3, 0.4) is 0 Å². The minimum atomic E-state index is -0.280. The largest absolute Gasteiger partial charge is 0.358 e. The fraction of sp³-hybridized carbons (Fsp3) is 0.250.